The third-order valence-corrected chi connectivity index (χ3v) is 5.76. The zero-order valence-corrected chi connectivity index (χ0v) is 15.7. The molecule has 1 aromatic rings. The molecule has 28 heavy (non-hydrogen) atoms. The van der Waals surface area contributed by atoms with Crippen molar-refractivity contribution in [3.63, 3.8) is 0 Å². The van der Waals surface area contributed by atoms with Crippen molar-refractivity contribution in [3.8, 4) is 0 Å². The second-order valence-corrected chi connectivity index (χ2v) is 7.71. The summed E-state index contributed by atoms with van der Waals surface area (Å²) in [5.74, 6) is -0.591. The quantitative estimate of drug-likeness (QED) is 0.838. The number of ether oxygens (including phenoxy) is 1. The summed E-state index contributed by atoms with van der Waals surface area (Å²) in [6, 6.07) is 2.76. The van der Waals surface area contributed by atoms with Crippen molar-refractivity contribution in [2.24, 2.45) is 10.7 Å². The maximum atomic E-state index is 14.3. The summed E-state index contributed by atoms with van der Waals surface area (Å²) in [5, 5.41) is 0. The van der Waals surface area contributed by atoms with E-state index in [9.17, 15) is 13.2 Å². The molecule has 0 aromatic heterocycles. The highest BCUT2D eigenvalue weighted by Gasteiger charge is 2.37. The van der Waals surface area contributed by atoms with Crippen LogP contribution in [0.2, 0.25) is 0 Å². The van der Waals surface area contributed by atoms with Crippen LogP contribution in [-0.2, 0) is 4.74 Å². The van der Waals surface area contributed by atoms with Crippen LogP contribution >= 0.6 is 0 Å². The first-order valence-corrected chi connectivity index (χ1v) is 9.64. The zero-order chi connectivity index (χ0) is 19.8. The number of amidine groups is 1. The number of nitrogens with two attached hydrogens (primary N) is 1. The molecule has 4 rings (SSSR count). The molecule has 2 saturated heterocycles. The number of aliphatic imine (C=N–C) groups is 1. The highest BCUT2D eigenvalue weighted by atomic mass is 19.1. The fourth-order valence-corrected chi connectivity index (χ4v) is 4.28. The molecule has 3 aliphatic heterocycles. The van der Waals surface area contributed by atoms with Crippen LogP contribution in [0.5, 0.6) is 0 Å². The minimum atomic E-state index is -1.06. The molecule has 2 N–H and O–H groups in total. The van der Waals surface area contributed by atoms with E-state index in [2.05, 4.69) is 16.5 Å². The standard InChI is InChI=1S/C20H25F3N4O/c1-12-9-26(11-25-20-17(23)3-2-6-27(12)20)14-8-18(24)19(28-10-14)15-7-13(21)4-5-16(15)22/h4-5,7,14,17-19H,1-3,6,8-11,24H2/t14?,17?,18?,19-/m1/s1. The summed E-state index contributed by atoms with van der Waals surface area (Å²) in [4.78, 5) is 8.43. The van der Waals surface area contributed by atoms with Crippen LogP contribution in [0, 0.1) is 11.6 Å². The molecule has 0 radical (unpaired) electrons. The highest BCUT2D eigenvalue weighted by molar-refractivity contribution is 5.88. The Morgan fingerprint density at radius 2 is 2.11 bits per heavy atom. The van der Waals surface area contributed by atoms with E-state index in [-0.39, 0.29) is 11.6 Å². The second-order valence-electron chi connectivity index (χ2n) is 7.71. The average Bonchev–Trinajstić information content (AvgIpc) is 2.84. The Morgan fingerprint density at radius 3 is 2.89 bits per heavy atom. The number of benzene rings is 1. The molecule has 3 heterocycles. The van der Waals surface area contributed by atoms with Crippen LogP contribution in [0.25, 0.3) is 0 Å². The lowest BCUT2D eigenvalue weighted by Gasteiger charge is -2.39. The van der Waals surface area contributed by atoms with Crippen molar-refractivity contribution in [1.82, 2.24) is 9.80 Å². The molecule has 0 spiro atoms. The molecule has 3 unspecified atom stereocenters. The maximum Gasteiger partial charge on any atom is 0.157 e. The average molecular weight is 394 g/mol. The molecule has 8 heteroatoms. The molecule has 3 aliphatic rings. The molecule has 152 valence electrons. The van der Waals surface area contributed by atoms with E-state index in [4.69, 9.17) is 10.5 Å². The summed E-state index contributed by atoms with van der Waals surface area (Å²) in [7, 11) is 0. The van der Waals surface area contributed by atoms with E-state index in [0.29, 0.717) is 38.5 Å². The van der Waals surface area contributed by atoms with E-state index in [1.807, 2.05) is 4.90 Å². The third-order valence-electron chi connectivity index (χ3n) is 5.76. The topological polar surface area (TPSA) is 54.1 Å². The summed E-state index contributed by atoms with van der Waals surface area (Å²) in [5.41, 5.74) is 7.22. The zero-order valence-electron chi connectivity index (χ0n) is 15.7. The molecular weight excluding hydrogens is 369 g/mol. The van der Waals surface area contributed by atoms with Gasteiger partial charge in [0.05, 0.1) is 13.3 Å². The SMILES string of the molecule is C=C1CN(C2CO[C@H](c3cc(F)ccc3F)C(N)C2)CN=C2C(F)CCCN12. The Labute approximate surface area is 162 Å². The van der Waals surface area contributed by atoms with Gasteiger partial charge in [0.25, 0.3) is 0 Å². The number of hydrogen-bond acceptors (Lipinski definition) is 5. The summed E-state index contributed by atoms with van der Waals surface area (Å²) in [6.07, 6.45) is 0.0431. The Bertz CT molecular complexity index is 787. The first kappa shape index (κ1) is 19.4. The van der Waals surface area contributed by atoms with Gasteiger partial charge in [-0.15, -0.1) is 0 Å². The number of hydrogen-bond donors (Lipinski definition) is 1. The molecule has 0 amide bonds. The third kappa shape index (κ3) is 3.68. The number of nitrogens with zero attached hydrogens (tertiary/aromatic N) is 3. The van der Waals surface area contributed by atoms with E-state index >= 15 is 0 Å². The predicted octanol–water partition coefficient (Wildman–Crippen LogP) is 2.74. The molecular formula is C20H25F3N4O. The van der Waals surface area contributed by atoms with Crippen molar-refractivity contribution in [2.45, 2.75) is 43.6 Å². The normalized spacial score (nSPS) is 31.9. The van der Waals surface area contributed by atoms with Gasteiger partial charge in [0.15, 0.2) is 6.17 Å². The maximum absolute atomic E-state index is 14.3. The first-order chi connectivity index (χ1) is 13.4. The molecule has 2 fully saturated rings. The van der Waals surface area contributed by atoms with Gasteiger partial charge in [0.1, 0.15) is 23.6 Å². The Morgan fingerprint density at radius 1 is 1.29 bits per heavy atom. The summed E-state index contributed by atoms with van der Waals surface area (Å²) < 4.78 is 47.8. The lowest BCUT2D eigenvalue weighted by atomic mass is 9.93. The smallest absolute Gasteiger partial charge is 0.157 e. The number of rotatable bonds is 2. The van der Waals surface area contributed by atoms with E-state index in [1.54, 1.807) is 0 Å². The Hall–Kier alpha value is -1.90. The van der Waals surface area contributed by atoms with Crippen LogP contribution < -0.4 is 5.73 Å². The van der Waals surface area contributed by atoms with Gasteiger partial charge < -0.3 is 15.4 Å². The van der Waals surface area contributed by atoms with Gasteiger partial charge in [0, 0.05) is 36.4 Å². The van der Waals surface area contributed by atoms with Crippen molar-refractivity contribution in [3.05, 3.63) is 47.7 Å². The molecule has 0 aliphatic carbocycles. The second kappa shape index (κ2) is 7.85. The molecule has 5 nitrogen and oxygen atoms in total. The van der Waals surface area contributed by atoms with Gasteiger partial charge in [-0.2, -0.15) is 0 Å². The van der Waals surface area contributed by atoms with Gasteiger partial charge >= 0.3 is 0 Å². The van der Waals surface area contributed by atoms with Crippen LogP contribution in [0.4, 0.5) is 13.2 Å². The number of fused-ring (bicyclic) bond motifs is 1. The molecule has 0 bridgehead atoms. The largest absolute Gasteiger partial charge is 0.370 e. The fraction of sp³-hybridized carbons (Fsp3) is 0.550. The summed E-state index contributed by atoms with van der Waals surface area (Å²) >= 11 is 0. The number of piperidine rings is 1. The van der Waals surface area contributed by atoms with Gasteiger partial charge in [-0.05, 0) is 37.5 Å². The highest BCUT2D eigenvalue weighted by Crippen LogP contribution is 2.32. The first-order valence-electron chi connectivity index (χ1n) is 9.64. The lowest BCUT2D eigenvalue weighted by Crippen LogP contribution is -2.50. The van der Waals surface area contributed by atoms with E-state index in [1.165, 1.54) is 0 Å². The van der Waals surface area contributed by atoms with Gasteiger partial charge in [-0.3, -0.25) is 9.89 Å². The van der Waals surface area contributed by atoms with E-state index < -0.39 is 30.0 Å². The molecule has 4 atom stereocenters. The van der Waals surface area contributed by atoms with Gasteiger partial charge in [-0.25, -0.2) is 13.2 Å². The van der Waals surface area contributed by atoms with Crippen molar-refractivity contribution < 1.29 is 17.9 Å². The fourth-order valence-electron chi connectivity index (χ4n) is 4.28. The Kier molecular flexibility index (Phi) is 5.44. The molecule has 0 saturated carbocycles. The molecule has 1 aromatic carbocycles. The van der Waals surface area contributed by atoms with Crippen LogP contribution in [0.1, 0.15) is 30.9 Å². The predicted molar refractivity (Wildman–Crippen MR) is 100 cm³/mol. The minimum Gasteiger partial charge on any atom is -0.370 e. The Balaban J connectivity index is 1.47. The number of alkyl halides is 1. The van der Waals surface area contributed by atoms with Crippen LogP contribution in [-0.4, -0.2) is 60.3 Å². The monoisotopic (exact) mass is 394 g/mol. The minimum absolute atomic E-state index is 0.0524. The van der Waals surface area contributed by atoms with Crippen LogP contribution in [0.3, 0.4) is 0 Å². The summed E-state index contributed by atoms with van der Waals surface area (Å²) in [6.45, 7) is 6.03. The van der Waals surface area contributed by atoms with E-state index in [0.717, 1.165) is 36.9 Å². The van der Waals surface area contributed by atoms with Crippen molar-refractivity contribution in [2.75, 3.05) is 26.4 Å². The van der Waals surface area contributed by atoms with Gasteiger partial charge in [-0.1, -0.05) is 6.58 Å². The number of halogens is 3. The van der Waals surface area contributed by atoms with Crippen LogP contribution in [0.15, 0.2) is 35.5 Å². The van der Waals surface area contributed by atoms with Crippen molar-refractivity contribution >= 4 is 5.84 Å². The van der Waals surface area contributed by atoms with Gasteiger partial charge in [0.2, 0.25) is 0 Å². The lowest BCUT2D eigenvalue weighted by molar-refractivity contribution is -0.0495. The van der Waals surface area contributed by atoms with Crippen molar-refractivity contribution in [1.29, 1.82) is 0 Å².